The molecule has 0 unspecified atom stereocenters. The molecule has 6 nitrogen and oxygen atoms in total. The van der Waals surface area contributed by atoms with E-state index in [0.717, 1.165) is 35.3 Å². The summed E-state index contributed by atoms with van der Waals surface area (Å²) in [5.74, 6) is -0.278. The molecule has 4 aromatic carbocycles. The fraction of sp³-hybridized carbons (Fsp3) is 0.188. The molecule has 2 amide bonds. The van der Waals surface area contributed by atoms with Crippen LogP contribution < -0.4 is 15.1 Å². The number of nitrogens with zero attached hydrogens (tertiary/aromatic N) is 2. The van der Waals surface area contributed by atoms with E-state index in [2.05, 4.69) is 10.2 Å². The number of fused-ring (bicyclic) bond motifs is 3. The summed E-state index contributed by atoms with van der Waals surface area (Å²) in [6.45, 7) is 1.17. The number of hydrogen-bond acceptors (Lipinski definition) is 4. The molecule has 0 aliphatic carbocycles. The van der Waals surface area contributed by atoms with Crippen molar-refractivity contribution >= 4 is 28.9 Å². The lowest BCUT2D eigenvalue weighted by atomic mass is 9.99. The second-order valence-electron chi connectivity index (χ2n) is 9.87. The van der Waals surface area contributed by atoms with E-state index in [0.29, 0.717) is 29.9 Å². The fourth-order valence-corrected chi connectivity index (χ4v) is 5.61. The van der Waals surface area contributed by atoms with Gasteiger partial charge in [0.05, 0.1) is 17.5 Å². The number of para-hydroxylation sites is 2. The van der Waals surface area contributed by atoms with Crippen molar-refractivity contribution in [2.75, 3.05) is 28.2 Å². The Morgan fingerprint density at radius 2 is 1.47 bits per heavy atom. The third-order valence-electron chi connectivity index (χ3n) is 7.45. The van der Waals surface area contributed by atoms with Gasteiger partial charge < -0.3 is 20.2 Å². The Labute approximate surface area is 222 Å². The van der Waals surface area contributed by atoms with E-state index in [9.17, 15) is 14.7 Å². The number of anilines is 3. The maximum Gasteiger partial charge on any atom is 0.258 e. The Morgan fingerprint density at radius 1 is 0.789 bits per heavy atom. The minimum Gasteiger partial charge on any atom is -0.391 e. The number of benzene rings is 4. The number of aliphatic hydroxyl groups excluding tert-OH is 1. The van der Waals surface area contributed by atoms with Gasteiger partial charge in [0.2, 0.25) is 0 Å². The van der Waals surface area contributed by atoms with Gasteiger partial charge in [-0.15, -0.1) is 0 Å². The van der Waals surface area contributed by atoms with Crippen LogP contribution in [0.5, 0.6) is 0 Å². The Kier molecular flexibility index (Phi) is 6.40. The monoisotopic (exact) mass is 503 g/mol. The van der Waals surface area contributed by atoms with Crippen molar-refractivity contribution in [2.45, 2.75) is 25.0 Å². The lowest BCUT2D eigenvalue weighted by Crippen LogP contribution is -2.32. The molecule has 2 heterocycles. The van der Waals surface area contributed by atoms with Gasteiger partial charge in [0.15, 0.2) is 0 Å². The highest BCUT2D eigenvalue weighted by Gasteiger charge is 2.36. The molecular formula is C32H29N3O3. The lowest BCUT2D eigenvalue weighted by Gasteiger charge is -2.26. The first-order valence-corrected chi connectivity index (χ1v) is 13.0. The Morgan fingerprint density at radius 3 is 2.26 bits per heavy atom. The molecular weight excluding hydrogens is 474 g/mol. The highest BCUT2D eigenvalue weighted by molar-refractivity contribution is 6.10. The van der Waals surface area contributed by atoms with E-state index in [-0.39, 0.29) is 24.0 Å². The molecule has 6 heteroatoms. The number of amides is 2. The van der Waals surface area contributed by atoms with Gasteiger partial charge in [-0.25, -0.2) is 0 Å². The first-order valence-electron chi connectivity index (χ1n) is 13.0. The summed E-state index contributed by atoms with van der Waals surface area (Å²) in [5, 5.41) is 13.2. The van der Waals surface area contributed by atoms with Crippen LogP contribution in [-0.2, 0) is 0 Å². The van der Waals surface area contributed by atoms with Gasteiger partial charge in [-0.05, 0) is 66.4 Å². The van der Waals surface area contributed by atoms with Gasteiger partial charge in [0.25, 0.3) is 11.8 Å². The van der Waals surface area contributed by atoms with Crippen LogP contribution >= 0.6 is 0 Å². The van der Waals surface area contributed by atoms with Gasteiger partial charge in [0.1, 0.15) is 0 Å². The van der Waals surface area contributed by atoms with Gasteiger partial charge in [0, 0.05) is 35.9 Å². The highest BCUT2D eigenvalue weighted by Crippen LogP contribution is 2.39. The van der Waals surface area contributed by atoms with Crippen molar-refractivity contribution in [3.05, 3.63) is 114 Å². The minimum absolute atomic E-state index is 0.0773. The van der Waals surface area contributed by atoms with Crippen LogP contribution in [0.2, 0.25) is 0 Å². The molecule has 1 fully saturated rings. The number of carbonyl (C=O) groups is 2. The zero-order chi connectivity index (χ0) is 26.1. The van der Waals surface area contributed by atoms with E-state index in [1.807, 2.05) is 83.8 Å². The zero-order valence-corrected chi connectivity index (χ0v) is 21.0. The van der Waals surface area contributed by atoms with Crippen molar-refractivity contribution in [3.63, 3.8) is 0 Å². The summed E-state index contributed by atoms with van der Waals surface area (Å²) in [5.41, 5.74) is 5.47. The third-order valence-corrected chi connectivity index (χ3v) is 7.45. The molecule has 6 rings (SSSR count). The van der Waals surface area contributed by atoms with Crippen LogP contribution in [-0.4, -0.2) is 42.2 Å². The topological polar surface area (TPSA) is 72.9 Å². The quantitative estimate of drug-likeness (QED) is 0.381. The van der Waals surface area contributed by atoms with E-state index in [1.165, 1.54) is 0 Å². The normalized spacial score (nSPS) is 18.3. The van der Waals surface area contributed by atoms with Crippen LogP contribution in [0.1, 0.15) is 33.6 Å². The van der Waals surface area contributed by atoms with Crippen molar-refractivity contribution in [2.24, 2.45) is 0 Å². The third kappa shape index (κ3) is 4.55. The molecule has 4 aromatic rings. The summed E-state index contributed by atoms with van der Waals surface area (Å²) in [4.78, 5) is 30.9. The second-order valence-corrected chi connectivity index (χ2v) is 9.87. The molecule has 2 N–H and O–H groups in total. The average molecular weight is 504 g/mol. The summed E-state index contributed by atoms with van der Waals surface area (Å²) in [6, 6.07) is 32.6. The van der Waals surface area contributed by atoms with Crippen LogP contribution in [0.25, 0.3) is 11.1 Å². The molecule has 2 aliphatic rings. The molecule has 0 spiro atoms. The Hall–Kier alpha value is -4.42. The molecule has 0 radical (unpaired) electrons. The largest absolute Gasteiger partial charge is 0.391 e. The van der Waals surface area contributed by atoms with Crippen LogP contribution in [0, 0.1) is 0 Å². The number of hydrogen-bond donors (Lipinski definition) is 2. The Bertz CT molecular complexity index is 1470. The standard InChI is InChI=1S/C32H29N3O3/c36-26-20-25-18-19-34(29-12-6-7-13-30(29)35(25)21-26)32(38)23-14-16-24(17-15-23)33-31(37)28-11-5-4-10-27(28)22-8-2-1-3-9-22/h1-17,25-26,36H,18-21H2,(H,33,37)/t25-,26+/m0/s1. The van der Waals surface area contributed by atoms with Crippen molar-refractivity contribution in [1.29, 1.82) is 0 Å². The molecule has 0 saturated carbocycles. The first kappa shape index (κ1) is 23.9. The van der Waals surface area contributed by atoms with Gasteiger partial charge in [-0.2, -0.15) is 0 Å². The van der Waals surface area contributed by atoms with E-state index < -0.39 is 0 Å². The molecule has 2 aliphatic heterocycles. The smallest absolute Gasteiger partial charge is 0.258 e. The molecule has 0 aromatic heterocycles. The summed E-state index contributed by atoms with van der Waals surface area (Å²) < 4.78 is 0. The average Bonchev–Trinajstić information content (AvgIpc) is 3.27. The van der Waals surface area contributed by atoms with E-state index in [4.69, 9.17) is 0 Å². The summed E-state index contributed by atoms with van der Waals surface area (Å²) in [7, 11) is 0. The minimum atomic E-state index is -0.335. The van der Waals surface area contributed by atoms with Gasteiger partial charge in [-0.3, -0.25) is 9.59 Å². The molecule has 0 bridgehead atoms. The first-order chi connectivity index (χ1) is 18.6. The Balaban J connectivity index is 1.21. The molecule has 1 saturated heterocycles. The number of rotatable bonds is 4. The SMILES string of the molecule is O=C(Nc1ccc(C(=O)N2CC[C@H]3C[C@@H](O)CN3c3ccccc32)cc1)c1ccccc1-c1ccccc1. The van der Waals surface area contributed by atoms with Crippen LogP contribution in [0.3, 0.4) is 0 Å². The molecule has 190 valence electrons. The van der Waals surface area contributed by atoms with E-state index in [1.54, 1.807) is 24.3 Å². The van der Waals surface area contributed by atoms with Crippen molar-refractivity contribution in [3.8, 4) is 11.1 Å². The van der Waals surface area contributed by atoms with Crippen molar-refractivity contribution < 1.29 is 14.7 Å². The maximum absolute atomic E-state index is 13.6. The highest BCUT2D eigenvalue weighted by atomic mass is 16.3. The zero-order valence-electron chi connectivity index (χ0n) is 21.0. The lowest BCUT2D eigenvalue weighted by molar-refractivity contribution is 0.0985. The van der Waals surface area contributed by atoms with Crippen LogP contribution in [0.4, 0.5) is 17.1 Å². The summed E-state index contributed by atoms with van der Waals surface area (Å²) in [6.07, 6.45) is 1.18. The predicted molar refractivity (Wildman–Crippen MR) is 151 cm³/mol. The maximum atomic E-state index is 13.6. The molecule has 2 atom stereocenters. The van der Waals surface area contributed by atoms with Crippen molar-refractivity contribution in [1.82, 2.24) is 0 Å². The predicted octanol–water partition coefficient (Wildman–Crippen LogP) is 5.60. The number of carbonyl (C=O) groups excluding carboxylic acids is 2. The van der Waals surface area contributed by atoms with Crippen LogP contribution in [0.15, 0.2) is 103 Å². The number of nitrogens with one attached hydrogen (secondary N) is 1. The van der Waals surface area contributed by atoms with Gasteiger partial charge in [-0.1, -0.05) is 60.7 Å². The second kappa shape index (κ2) is 10.1. The fourth-order valence-electron chi connectivity index (χ4n) is 5.61. The number of aliphatic hydroxyl groups is 1. The van der Waals surface area contributed by atoms with Gasteiger partial charge >= 0.3 is 0 Å². The molecule has 38 heavy (non-hydrogen) atoms. The summed E-state index contributed by atoms with van der Waals surface area (Å²) >= 11 is 0. The van der Waals surface area contributed by atoms with E-state index >= 15 is 0 Å².